The van der Waals surface area contributed by atoms with E-state index >= 15 is 0 Å². The first kappa shape index (κ1) is 15.8. The van der Waals surface area contributed by atoms with Gasteiger partial charge in [0.2, 0.25) is 11.8 Å². The van der Waals surface area contributed by atoms with Crippen LogP contribution in [0, 0.1) is 6.92 Å². The minimum absolute atomic E-state index is 0.0681. The normalized spacial score (nSPS) is 10.5. The Morgan fingerprint density at radius 3 is 2.45 bits per heavy atom. The zero-order valence-corrected chi connectivity index (χ0v) is 12.6. The second-order valence-corrected chi connectivity index (χ2v) is 5.00. The number of nitrogens with zero attached hydrogens (tertiary/aromatic N) is 1. The summed E-state index contributed by atoms with van der Waals surface area (Å²) in [5.74, 6) is -0.784. The van der Waals surface area contributed by atoms with Crippen molar-refractivity contribution >= 4 is 6.16 Å². The van der Waals surface area contributed by atoms with Crippen LogP contribution in [0.25, 0.3) is 0 Å². The van der Waals surface area contributed by atoms with E-state index in [-0.39, 0.29) is 6.61 Å². The smallest absolute Gasteiger partial charge is 0.492 e. The number of rotatable bonds is 5. The topological polar surface area (TPSA) is 80.9 Å². The molecule has 1 aromatic carbocycles. The van der Waals surface area contributed by atoms with Gasteiger partial charge in [-0.15, -0.1) is 4.73 Å². The van der Waals surface area contributed by atoms with Gasteiger partial charge in [-0.1, -0.05) is 37.1 Å². The molecule has 0 radical (unpaired) electrons. The Morgan fingerprint density at radius 2 is 1.82 bits per heavy atom. The van der Waals surface area contributed by atoms with Gasteiger partial charge in [0.25, 0.3) is 0 Å². The van der Waals surface area contributed by atoms with Crippen molar-refractivity contribution in [3.8, 4) is 11.8 Å². The number of benzene rings is 1. The minimum atomic E-state index is -1.01. The molecule has 0 bridgehead atoms. The number of aryl methyl sites for hydroxylation is 2. The van der Waals surface area contributed by atoms with Gasteiger partial charge in [0.05, 0.1) is 0 Å². The van der Waals surface area contributed by atoms with Crippen LogP contribution in [0.3, 0.4) is 0 Å². The third-order valence-electron chi connectivity index (χ3n) is 3.19. The molecule has 1 heterocycles. The first-order valence-corrected chi connectivity index (χ1v) is 7.04. The molecule has 6 nitrogen and oxygen atoms in total. The van der Waals surface area contributed by atoms with Crippen molar-refractivity contribution in [2.45, 2.75) is 33.3 Å². The fourth-order valence-electron chi connectivity index (χ4n) is 2.14. The van der Waals surface area contributed by atoms with Crippen LogP contribution in [-0.2, 0) is 17.8 Å². The van der Waals surface area contributed by atoms with Crippen LogP contribution >= 0.6 is 0 Å². The predicted octanol–water partition coefficient (Wildman–Crippen LogP) is 2.93. The number of hydrogen-bond donors (Lipinski definition) is 2. The van der Waals surface area contributed by atoms with Crippen molar-refractivity contribution in [2.75, 3.05) is 0 Å². The van der Waals surface area contributed by atoms with Crippen LogP contribution in [0.5, 0.6) is 11.8 Å². The van der Waals surface area contributed by atoms with E-state index in [0.29, 0.717) is 4.73 Å². The number of aromatic hydroxyl groups is 2. The molecule has 0 atom stereocenters. The largest absolute Gasteiger partial charge is 0.534 e. The van der Waals surface area contributed by atoms with Crippen molar-refractivity contribution < 1.29 is 24.6 Å². The Morgan fingerprint density at radius 1 is 1.14 bits per heavy atom. The van der Waals surface area contributed by atoms with Gasteiger partial charge in [0.15, 0.2) is 0 Å². The van der Waals surface area contributed by atoms with E-state index < -0.39 is 17.9 Å². The molecule has 0 aliphatic carbocycles. The molecular formula is C16H19NO5. The molecule has 22 heavy (non-hydrogen) atoms. The lowest BCUT2D eigenvalue weighted by Crippen LogP contribution is -2.20. The molecule has 0 fully saturated rings. The van der Waals surface area contributed by atoms with Crippen molar-refractivity contribution in [1.82, 2.24) is 4.73 Å². The van der Waals surface area contributed by atoms with Gasteiger partial charge in [-0.3, -0.25) is 4.84 Å². The molecule has 0 aliphatic rings. The minimum Gasteiger partial charge on any atom is -0.492 e. The molecule has 0 spiro atoms. The molecule has 6 heteroatoms. The summed E-state index contributed by atoms with van der Waals surface area (Å²) in [5, 5.41) is 18.8. The summed E-state index contributed by atoms with van der Waals surface area (Å²) < 4.78 is 5.64. The summed E-state index contributed by atoms with van der Waals surface area (Å²) in [6.45, 7) is 4.11. The molecule has 0 amide bonds. The van der Waals surface area contributed by atoms with Crippen molar-refractivity contribution in [1.29, 1.82) is 0 Å². The maximum absolute atomic E-state index is 11.7. The van der Waals surface area contributed by atoms with Gasteiger partial charge < -0.3 is 14.9 Å². The van der Waals surface area contributed by atoms with Gasteiger partial charge in [-0.25, -0.2) is 4.79 Å². The van der Waals surface area contributed by atoms with Gasteiger partial charge in [-0.2, -0.15) is 0 Å². The van der Waals surface area contributed by atoms with Gasteiger partial charge >= 0.3 is 6.16 Å². The highest BCUT2D eigenvalue weighted by Crippen LogP contribution is 2.19. The summed E-state index contributed by atoms with van der Waals surface area (Å²) in [6.07, 6.45) is 0.879. The molecule has 118 valence electrons. The van der Waals surface area contributed by atoms with Crippen LogP contribution in [0.15, 0.2) is 30.3 Å². The van der Waals surface area contributed by atoms with E-state index in [1.54, 1.807) is 0 Å². The van der Waals surface area contributed by atoms with E-state index in [2.05, 4.69) is 6.92 Å². The summed E-state index contributed by atoms with van der Waals surface area (Å²) >= 11 is 0. The second kappa shape index (κ2) is 6.89. The van der Waals surface area contributed by atoms with Crippen molar-refractivity contribution in [3.05, 3.63) is 47.0 Å². The van der Waals surface area contributed by atoms with Crippen LogP contribution in [0.1, 0.15) is 30.0 Å². The van der Waals surface area contributed by atoms with Gasteiger partial charge in [0, 0.05) is 12.1 Å². The van der Waals surface area contributed by atoms with Crippen LogP contribution in [-0.4, -0.2) is 21.1 Å². The molecule has 0 unspecified atom stereocenters. The number of carbonyl (C=O) groups excluding carboxylic acids is 1. The Kier molecular flexibility index (Phi) is 4.93. The average Bonchev–Trinajstić information content (AvgIpc) is 2.79. The lowest BCUT2D eigenvalue weighted by Gasteiger charge is -2.11. The lowest BCUT2D eigenvalue weighted by atomic mass is 10.0. The third kappa shape index (κ3) is 3.72. The second-order valence-electron chi connectivity index (χ2n) is 5.00. The monoisotopic (exact) mass is 305 g/mol. The molecule has 2 N–H and O–H groups in total. The summed E-state index contributed by atoms with van der Waals surface area (Å²) in [5.41, 5.74) is 3.11. The van der Waals surface area contributed by atoms with E-state index in [0.717, 1.165) is 29.5 Å². The lowest BCUT2D eigenvalue weighted by molar-refractivity contribution is 0.0309. The van der Waals surface area contributed by atoms with E-state index in [1.165, 1.54) is 12.1 Å². The van der Waals surface area contributed by atoms with Crippen molar-refractivity contribution in [2.24, 2.45) is 0 Å². The summed E-state index contributed by atoms with van der Waals surface area (Å²) in [6, 6.07) is 8.39. The molecule has 1 aromatic heterocycles. The summed E-state index contributed by atoms with van der Waals surface area (Å²) in [4.78, 5) is 16.4. The average molecular weight is 305 g/mol. The maximum atomic E-state index is 11.7. The van der Waals surface area contributed by atoms with E-state index in [9.17, 15) is 15.0 Å². The number of aromatic nitrogens is 1. The zero-order chi connectivity index (χ0) is 16.1. The first-order chi connectivity index (χ1) is 10.5. The highest BCUT2D eigenvalue weighted by Gasteiger charge is 2.14. The van der Waals surface area contributed by atoms with Gasteiger partial charge in [0.1, 0.15) is 6.61 Å². The standard InChI is InChI=1S/C16H19NO5/c1-3-4-12-6-5-11(2)9-13(12)10-21-16(20)22-17-14(18)7-8-15(17)19/h5-9,18-19H,3-4,10H2,1-2H3. The van der Waals surface area contributed by atoms with Crippen molar-refractivity contribution in [3.63, 3.8) is 0 Å². The third-order valence-corrected chi connectivity index (χ3v) is 3.19. The Labute approximate surface area is 128 Å². The quantitative estimate of drug-likeness (QED) is 0.830. The molecular weight excluding hydrogens is 286 g/mol. The van der Waals surface area contributed by atoms with E-state index in [4.69, 9.17) is 9.57 Å². The SMILES string of the molecule is CCCc1ccc(C)cc1COC(=O)On1c(O)ccc1O. The van der Waals surface area contributed by atoms with E-state index in [1.807, 2.05) is 25.1 Å². The predicted molar refractivity (Wildman–Crippen MR) is 79.7 cm³/mol. The molecule has 2 aromatic rings. The Balaban J connectivity index is 2.01. The fourth-order valence-corrected chi connectivity index (χ4v) is 2.14. The fraction of sp³-hybridized carbons (Fsp3) is 0.312. The first-order valence-electron chi connectivity index (χ1n) is 7.04. The molecule has 2 rings (SSSR count). The maximum Gasteiger partial charge on any atom is 0.534 e. The molecule has 0 saturated carbocycles. The molecule has 0 aliphatic heterocycles. The number of carbonyl (C=O) groups is 1. The Bertz CT molecular complexity index is 643. The van der Waals surface area contributed by atoms with Crippen LogP contribution in [0.2, 0.25) is 0 Å². The highest BCUT2D eigenvalue weighted by atomic mass is 16.8. The summed E-state index contributed by atoms with van der Waals surface area (Å²) in [7, 11) is 0. The van der Waals surface area contributed by atoms with Crippen LogP contribution in [0.4, 0.5) is 4.79 Å². The Hall–Kier alpha value is -2.63. The molecule has 0 saturated heterocycles. The van der Waals surface area contributed by atoms with Crippen LogP contribution < -0.4 is 4.84 Å². The van der Waals surface area contributed by atoms with Gasteiger partial charge in [-0.05, 0) is 24.5 Å². The number of hydrogen-bond acceptors (Lipinski definition) is 5. The zero-order valence-electron chi connectivity index (χ0n) is 12.6. The number of ether oxygens (including phenoxy) is 1. The highest BCUT2D eigenvalue weighted by molar-refractivity contribution is 5.60.